The van der Waals surface area contributed by atoms with Gasteiger partial charge in [-0.05, 0) is 233 Å². The first-order chi connectivity index (χ1) is 64.1. The first kappa shape index (κ1) is 82.1. The molecule has 16 heterocycles. The number of aromatic nitrogens is 20. The summed E-state index contributed by atoms with van der Waals surface area (Å²) < 4.78 is 0. The van der Waals surface area contributed by atoms with Crippen molar-refractivity contribution >= 4 is 150 Å². The van der Waals surface area contributed by atoms with Gasteiger partial charge < -0.3 is 35.5 Å². The van der Waals surface area contributed by atoms with Crippen LogP contribution in [0.5, 0.6) is 0 Å². The van der Waals surface area contributed by atoms with Crippen LogP contribution in [0.3, 0.4) is 0 Å². The number of nitrogens with one attached hydrogen (secondary N) is 10. The standard InChI is InChI=1S/C28H24N6OS.C26H22N6S.C25H20N6S.C24H17N5S/c1-28(2,3)27(35)30-19-11-18(13-29-14-19)16-7-8-22-21(12-16)25(34-33-22)26-31-23-6-4-5-20(24(23)32-26)17-9-10-36-15-17;1-2-27-12-16-10-19(14-28-13-16)17-6-7-22-21(11-17)25(32-31-22)26-29-23-5-3-4-20(24(23)30-26)18-8-9-33-15-18;1-31(2)18-10-17(12-26-13-18)15-6-7-21-20(11-15)24(30-29-21)25-27-22-5-3-4-19(23(22)28-25)16-8-9-32-14-16;1-14-7-9-25-12-19(14)15-5-6-20-18(11-15)23(29-28-20)24-26-21-4-2-3-17(22(21)27-24)16-8-10-30-13-16/h4-15H,1-3H3,(H,30,35)(H,31,32)(H,33,34);3-11,13-15,27H,2,12H2,1H3,(H,29,30)(H,31,32);3-14H,1-2H3,(H,27,28)(H,29,30);2-13H,1H3,(H,26,27)(H,28,29). The molecule has 640 valence electrons. The predicted octanol–water partition coefficient (Wildman–Crippen LogP) is 25.1. The smallest absolute Gasteiger partial charge is 0.229 e. The summed E-state index contributed by atoms with van der Waals surface area (Å²) in [6.07, 6.45) is 14.8. The Morgan fingerprint density at radius 3 is 1.11 bits per heavy atom. The van der Waals surface area contributed by atoms with E-state index in [0.717, 1.165) is 219 Å². The number of benzene rings is 8. The maximum absolute atomic E-state index is 12.4. The van der Waals surface area contributed by atoms with Gasteiger partial charge in [0.1, 0.15) is 22.8 Å². The van der Waals surface area contributed by atoms with Crippen molar-refractivity contribution in [2.24, 2.45) is 5.41 Å². The van der Waals surface area contributed by atoms with Crippen LogP contribution in [-0.2, 0) is 11.3 Å². The van der Waals surface area contributed by atoms with Crippen molar-refractivity contribution < 1.29 is 4.79 Å². The minimum Gasteiger partial charge on any atom is -0.376 e. The van der Waals surface area contributed by atoms with Crippen LogP contribution < -0.4 is 15.5 Å². The number of nitrogens with zero attached hydrogens (tertiary/aromatic N) is 13. The molecule has 24 rings (SSSR count). The zero-order valence-electron chi connectivity index (χ0n) is 72.0. The molecular weight excluding hydrogens is 1700 g/mol. The van der Waals surface area contributed by atoms with Crippen LogP contribution in [0, 0.1) is 12.3 Å². The molecule has 0 spiro atoms. The molecule has 0 unspecified atom stereocenters. The number of fused-ring (bicyclic) bond motifs is 8. The second kappa shape index (κ2) is 35.1. The van der Waals surface area contributed by atoms with Gasteiger partial charge >= 0.3 is 0 Å². The minimum absolute atomic E-state index is 0.0549. The van der Waals surface area contributed by atoms with Gasteiger partial charge in [0.05, 0.1) is 90.0 Å². The highest BCUT2D eigenvalue weighted by Gasteiger charge is 2.25. The number of carbonyl (C=O) groups is 1. The van der Waals surface area contributed by atoms with Crippen LogP contribution in [0.25, 0.3) is 223 Å². The average Bonchev–Trinajstić information content (AvgIpc) is 1.63. The van der Waals surface area contributed by atoms with Crippen LogP contribution in [0.4, 0.5) is 11.4 Å². The Kier molecular flexibility index (Phi) is 22.0. The third-order valence-corrected chi connectivity index (χ3v) is 25.9. The quantitative estimate of drug-likeness (QED) is 0.0405. The zero-order chi connectivity index (χ0) is 88.8. The molecule has 16 aromatic heterocycles. The van der Waals surface area contributed by atoms with E-state index in [9.17, 15) is 4.79 Å². The van der Waals surface area contributed by atoms with Crippen molar-refractivity contribution in [3.63, 3.8) is 0 Å². The van der Waals surface area contributed by atoms with Crippen molar-refractivity contribution in [2.75, 3.05) is 30.9 Å². The Labute approximate surface area is 766 Å². The fourth-order valence-corrected chi connectivity index (χ4v) is 18.9. The Morgan fingerprint density at radius 2 is 0.740 bits per heavy atom. The molecule has 0 bridgehead atoms. The van der Waals surface area contributed by atoms with Crippen LogP contribution in [0.2, 0.25) is 0 Å². The highest BCUT2D eigenvalue weighted by Crippen LogP contribution is 2.42. The lowest BCUT2D eigenvalue weighted by Gasteiger charge is -2.17. The van der Waals surface area contributed by atoms with E-state index in [1.165, 1.54) is 27.8 Å². The van der Waals surface area contributed by atoms with Gasteiger partial charge in [0.2, 0.25) is 5.91 Å². The van der Waals surface area contributed by atoms with Gasteiger partial charge in [0.25, 0.3) is 0 Å². The van der Waals surface area contributed by atoms with Crippen molar-refractivity contribution in [2.45, 2.75) is 41.2 Å². The molecule has 10 N–H and O–H groups in total. The molecule has 0 saturated heterocycles. The lowest BCUT2D eigenvalue weighted by molar-refractivity contribution is -0.123. The SMILES string of the molecule is CC(C)(C)C(=O)Nc1cncc(-c2ccc3[nH]nc(-c4nc5c(-c6ccsc6)cccc5[nH]4)c3c2)c1.CCNCc1cncc(-c2ccc3[nH]nc(-c4nc5c(-c6ccsc6)cccc5[nH]4)c3c2)c1.CN(C)c1cncc(-c2ccc3[nH]nc(-c4nc5c(-c6ccsc6)cccc5[nH]4)c3c2)c1.Cc1ccncc1-c1ccc2[nH]nc(-c3nc4c(-c5ccsc5)cccc4[nH]3)c2c1. The maximum atomic E-state index is 12.4. The summed E-state index contributed by atoms with van der Waals surface area (Å²) in [5, 5.41) is 58.2. The van der Waals surface area contributed by atoms with Crippen molar-refractivity contribution in [3.05, 3.63) is 298 Å². The highest BCUT2D eigenvalue weighted by molar-refractivity contribution is 7.09. The number of H-pyrrole nitrogens is 8. The molecule has 0 aliphatic rings. The molecule has 8 aromatic carbocycles. The molecule has 0 aliphatic carbocycles. The molecule has 0 radical (unpaired) electrons. The Balaban J connectivity index is 0.000000106. The highest BCUT2D eigenvalue weighted by atomic mass is 32.1. The topological polar surface area (TPSA) is 325 Å². The number of imidazole rings is 4. The molecule has 0 fully saturated rings. The summed E-state index contributed by atoms with van der Waals surface area (Å²) in [7, 11) is 4.04. The number of hydrogen-bond acceptors (Lipinski definition) is 19. The lowest BCUT2D eigenvalue weighted by Crippen LogP contribution is -2.27. The molecule has 0 aliphatic heterocycles. The van der Waals surface area contributed by atoms with E-state index < -0.39 is 5.41 Å². The summed E-state index contributed by atoms with van der Waals surface area (Å²) in [6, 6.07) is 66.7. The van der Waals surface area contributed by atoms with E-state index in [1.54, 1.807) is 57.7 Å². The number of thiophene rings is 4. The number of amides is 1. The van der Waals surface area contributed by atoms with Crippen LogP contribution in [0.1, 0.15) is 38.8 Å². The summed E-state index contributed by atoms with van der Waals surface area (Å²) >= 11 is 6.74. The van der Waals surface area contributed by atoms with Crippen molar-refractivity contribution in [1.82, 2.24) is 106 Å². The minimum atomic E-state index is -0.490. The number of hydrogen-bond donors (Lipinski definition) is 10. The summed E-state index contributed by atoms with van der Waals surface area (Å²) in [4.78, 5) is 65.6. The number of carbonyl (C=O) groups excluding carboxylic acids is 1. The normalized spacial score (nSPS) is 11.6. The molecule has 1 amide bonds. The van der Waals surface area contributed by atoms with E-state index in [-0.39, 0.29) is 5.91 Å². The second-order valence-corrected chi connectivity index (χ2v) is 36.2. The number of aryl methyl sites for hydroxylation is 1. The monoisotopic (exact) mass is 1790 g/mol. The van der Waals surface area contributed by atoms with Gasteiger partial charge in [-0.15, -0.1) is 0 Å². The Bertz CT molecular complexity index is 8280. The van der Waals surface area contributed by atoms with Crippen LogP contribution in [0.15, 0.2) is 287 Å². The fourth-order valence-electron chi connectivity index (χ4n) is 16.3. The second-order valence-electron chi connectivity index (χ2n) is 33.1. The largest absolute Gasteiger partial charge is 0.376 e. The fraction of sp³-hybridized carbons (Fsp3) is 0.0971. The first-order valence-electron chi connectivity index (χ1n) is 42.6. The van der Waals surface area contributed by atoms with E-state index in [4.69, 9.17) is 19.9 Å². The van der Waals surface area contributed by atoms with Gasteiger partial charge in [0, 0.05) is 129 Å². The third kappa shape index (κ3) is 16.5. The summed E-state index contributed by atoms with van der Waals surface area (Å²) in [5.41, 5.74) is 36.0. The van der Waals surface area contributed by atoms with Crippen molar-refractivity contribution in [1.29, 1.82) is 0 Å². The zero-order valence-corrected chi connectivity index (χ0v) is 75.2. The van der Waals surface area contributed by atoms with Gasteiger partial charge in [-0.1, -0.05) is 100 Å². The summed E-state index contributed by atoms with van der Waals surface area (Å²) in [5.74, 6) is 2.93. The molecule has 0 saturated carbocycles. The number of rotatable bonds is 17. The van der Waals surface area contributed by atoms with Gasteiger partial charge in [-0.25, -0.2) is 19.9 Å². The van der Waals surface area contributed by atoms with Gasteiger partial charge in [-0.2, -0.15) is 65.7 Å². The molecule has 24 aromatic rings. The molecule has 28 heteroatoms. The predicted molar refractivity (Wildman–Crippen MR) is 535 cm³/mol. The van der Waals surface area contributed by atoms with Crippen LogP contribution >= 0.6 is 45.3 Å². The van der Waals surface area contributed by atoms with Crippen molar-refractivity contribution in [3.8, 4) is 135 Å². The van der Waals surface area contributed by atoms with E-state index in [2.05, 4.69) is 311 Å². The summed E-state index contributed by atoms with van der Waals surface area (Å²) in [6.45, 7) is 11.6. The van der Waals surface area contributed by atoms with E-state index >= 15 is 0 Å². The molecular formula is C103H83N23OS4. The van der Waals surface area contributed by atoms with Gasteiger partial charge in [-0.3, -0.25) is 45.1 Å². The number of aromatic amines is 8. The number of anilines is 2. The third-order valence-electron chi connectivity index (χ3n) is 23.2. The Hall–Kier alpha value is -15.9. The maximum Gasteiger partial charge on any atom is 0.229 e. The molecule has 0 atom stereocenters. The van der Waals surface area contributed by atoms with E-state index in [1.807, 2.05) is 108 Å². The number of para-hydroxylation sites is 4. The average molecular weight is 1790 g/mol. The van der Waals surface area contributed by atoms with Crippen LogP contribution in [-0.4, -0.2) is 127 Å². The number of pyridine rings is 4. The molecule has 24 nitrogen and oxygen atoms in total. The first-order valence-corrected chi connectivity index (χ1v) is 46.3. The Morgan fingerprint density at radius 1 is 0.366 bits per heavy atom. The van der Waals surface area contributed by atoms with E-state index in [0.29, 0.717) is 11.5 Å². The molecule has 131 heavy (non-hydrogen) atoms. The van der Waals surface area contributed by atoms with Gasteiger partial charge in [0.15, 0.2) is 23.3 Å². The lowest BCUT2D eigenvalue weighted by atomic mass is 9.95.